The maximum absolute atomic E-state index is 11.8. The van der Waals surface area contributed by atoms with Gasteiger partial charge in [-0.3, -0.25) is 0 Å². The first-order valence-corrected chi connectivity index (χ1v) is 8.09. The number of sulfone groups is 1. The van der Waals surface area contributed by atoms with Gasteiger partial charge in [0.1, 0.15) is 0 Å². The summed E-state index contributed by atoms with van der Waals surface area (Å²) < 4.78 is 23.6. The van der Waals surface area contributed by atoms with Crippen molar-refractivity contribution in [2.45, 2.75) is 51.3 Å². The van der Waals surface area contributed by atoms with Crippen molar-refractivity contribution >= 4 is 9.84 Å². The van der Waals surface area contributed by atoms with Gasteiger partial charge in [-0.15, -0.1) is 6.58 Å². The molecule has 0 heterocycles. The molecule has 1 saturated carbocycles. The smallest absolute Gasteiger partial charge is 0.152 e. The molecule has 0 spiro atoms. The summed E-state index contributed by atoms with van der Waals surface area (Å²) in [7, 11) is -2.94. The van der Waals surface area contributed by atoms with E-state index in [1.54, 1.807) is 13.8 Å². The van der Waals surface area contributed by atoms with Crippen molar-refractivity contribution in [2.24, 2.45) is 5.41 Å². The maximum atomic E-state index is 11.8. The molecule has 0 aromatic rings. The second-order valence-corrected chi connectivity index (χ2v) is 8.36. The molecule has 1 rings (SSSR count). The molecule has 0 aromatic carbocycles. The highest BCUT2D eigenvalue weighted by atomic mass is 32.2. The summed E-state index contributed by atoms with van der Waals surface area (Å²) in [6.07, 6.45) is 5.03. The Morgan fingerprint density at radius 3 is 2.47 bits per heavy atom. The first kappa shape index (κ1) is 14.7. The molecule has 0 aromatic heterocycles. The third-order valence-electron chi connectivity index (χ3n) is 3.54. The molecule has 17 heavy (non-hydrogen) atoms. The van der Waals surface area contributed by atoms with Gasteiger partial charge in [0.15, 0.2) is 9.84 Å². The highest BCUT2D eigenvalue weighted by Gasteiger charge is 2.28. The summed E-state index contributed by atoms with van der Waals surface area (Å²) in [4.78, 5) is 0. The predicted molar refractivity (Wildman–Crippen MR) is 72.9 cm³/mol. The zero-order chi connectivity index (χ0) is 13.1. The zero-order valence-electron chi connectivity index (χ0n) is 11.2. The van der Waals surface area contributed by atoms with Crippen LogP contribution in [0.2, 0.25) is 0 Å². The van der Waals surface area contributed by atoms with Crippen molar-refractivity contribution in [3.05, 3.63) is 12.7 Å². The Balaban J connectivity index is 2.46. The van der Waals surface area contributed by atoms with E-state index in [0.29, 0.717) is 12.5 Å². The van der Waals surface area contributed by atoms with Gasteiger partial charge in [0.2, 0.25) is 0 Å². The van der Waals surface area contributed by atoms with E-state index in [9.17, 15) is 8.42 Å². The Kier molecular flexibility index (Phi) is 4.78. The largest absolute Gasteiger partial charge is 0.313 e. The summed E-state index contributed by atoms with van der Waals surface area (Å²) in [6, 6.07) is 0.649. The van der Waals surface area contributed by atoms with Crippen LogP contribution < -0.4 is 5.32 Å². The Bertz CT molecular complexity index is 358. The number of hydrogen-bond donors (Lipinski definition) is 1. The molecule has 1 aliphatic rings. The van der Waals surface area contributed by atoms with Crippen LogP contribution in [0.3, 0.4) is 0 Å². The molecule has 1 aliphatic carbocycles. The summed E-state index contributed by atoms with van der Waals surface area (Å²) in [6.45, 7) is 10.2. The lowest BCUT2D eigenvalue weighted by Gasteiger charge is -2.26. The van der Waals surface area contributed by atoms with E-state index in [1.165, 1.54) is 12.8 Å². The Hall–Kier alpha value is -0.350. The van der Waals surface area contributed by atoms with Gasteiger partial charge >= 0.3 is 0 Å². The normalized spacial score (nSPS) is 20.2. The third-order valence-corrected chi connectivity index (χ3v) is 5.75. The molecule has 0 amide bonds. The van der Waals surface area contributed by atoms with Gasteiger partial charge in [-0.1, -0.05) is 13.0 Å². The average molecular weight is 259 g/mol. The van der Waals surface area contributed by atoms with E-state index in [2.05, 4.69) is 18.8 Å². The molecule has 1 fully saturated rings. The van der Waals surface area contributed by atoms with Crippen LogP contribution in [-0.4, -0.2) is 32.0 Å². The van der Waals surface area contributed by atoms with E-state index >= 15 is 0 Å². The van der Waals surface area contributed by atoms with Gasteiger partial charge in [-0.25, -0.2) is 8.42 Å². The molecule has 0 radical (unpaired) electrons. The van der Waals surface area contributed by atoms with Crippen molar-refractivity contribution in [2.75, 3.05) is 12.3 Å². The lowest BCUT2D eigenvalue weighted by Crippen LogP contribution is -2.34. The maximum Gasteiger partial charge on any atom is 0.152 e. The Morgan fingerprint density at radius 1 is 1.47 bits per heavy atom. The summed E-state index contributed by atoms with van der Waals surface area (Å²) in [5.74, 6) is 0.250. The first-order valence-electron chi connectivity index (χ1n) is 6.38. The molecule has 0 bridgehead atoms. The second-order valence-electron chi connectivity index (χ2n) is 5.68. The lowest BCUT2D eigenvalue weighted by molar-refractivity contribution is 0.378. The standard InChI is InChI=1S/C13H25NO2S/c1-5-13(4,10-14-12-6-7-12)8-9-17(15,16)11(2)3/h5,11-12,14H,1,6-10H2,2-4H3. The minimum absolute atomic E-state index is 0.120. The second kappa shape index (κ2) is 5.53. The summed E-state index contributed by atoms with van der Waals surface area (Å²) in [5.41, 5.74) is -0.120. The molecule has 1 unspecified atom stereocenters. The van der Waals surface area contributed by atoms with Gasteiger partial charge in [-0.05, 0) is 38.5 Å². The van der Waals surface area contributed by atoms with Gasteiger partial charge in [0.05, 0.1) is 11.0 Å². The Labute approximate surface area is 106 Å². The molecular formula is C13H25NO2S. The van der Waals surface area contributed by atoms with Crippen molar-refractivity contribution in [3.63, 3.8) is 0 Å². The molecule has 1 N–H and O–H groups in total. The molecule has 3 nitrogen and oxygen atoms in total. The topological polar surface area (TPSA) is 46.2 Å². The number of nitrogens with one attached hydrogen (secondary N) is 1. The van der Waals surface area contributed by atoms with Crippen molar-refractivity contribution < 1.29 is 8.42 Å². The molecule has 4 heteroatoms. The van der Waals surface area contributed by atoms with E-state index in [4.69, 9.17) is 0 Å². The number of rotatable bonds is 8. The molecule has 100 valence electrons. The van der Waals surface area contributed by atoms with Gasteiger partial charge < -0.3 is 5.32 Å². The van der Waals surface area contributed by atoms with Gasteiger partial charge in [-0.2, -0.15) is 0 Å². The van der Waals surface area contributed by atoms with E-state index in [-0.39, 0.29) is 16.4 Å². The number of hydrogen-bond acceptors (Lipinski definition) is 3. The van der Waals surface area contributed by atoms with Crippen LogP contribution in [0.25, 0.3) is 0 Å². The minimum Gasteiger partial charge on any atom is -0.313 e. The van der Waals surface area contributed by atoms with E-state index < -0.39 is 9.84 Å². The van der Waals surface area contributed by atoms with E-state index in [0.717, 1.165) is 6.54 Å². The molecule has 1 atom stereocenters. The fraction of sp³-hybridized carbons (Fsp3) is 0.846. The fourth-order valence-corrected chi connectivity index (χ4v) is 2.76. The van der Waals surface area contributed by atoms with Gasteiger partial charge in [0, 0.05) is 12.6 Å². The van der Waals surface area contributed by atoms with Crippen LogP contribution in [0.5, 0.6) is 0 Å². The van der Waals surface area contributed by atoms with Gasteiger partial charge in [0.25, 0.3) is 0 Å². The summed E-state index contributed by atoms with van der Waals surface area (Å²) >= 11 is 0. The van der Waals surface area contributed by atoms with Crippen LogP contribution >= 0.6 is 0 Å². The van der Waals surface area contributed by atoms with Crippen molar-refractivity contribution in [1.29, 1.82) is 0 Å². The first-order chi connectivity index (χ1) is 7.79. The highest BCUT2D eigenvalue weighted by molar-refractivity contribution is 7.91. The quantitative estimate of drug-likeness (QED) is 0.679. The molecule has 0 saturated heterocycles. The van der Waals surface area contributed by atoms with E-state index in [1.807, 2.05) is 6.08 Å². The minimum atomic E-state index is -2.94. The predicted octanol–water partition coefficient (Wildman–Crippen LogP) is 2.14. The van der Waals surface area contributed by atoms with Crippen molar-refractivity contribution in [3.8, 4) is 0 Å². The molecule has 0 aliphatic heterocycles. The average Bonchev–Trinajstić information content (AvgIpc) is 3.07. The monoisotopic (exact) mass is 259 g/mol. The lowest BCUT2D eigenvalue weighted by atomic mass is 9.88. The van der Waals surface area contributed by atoms with Crippen LogP contribution in [0.15, 0.2) is 12.7 Å². The van der Waals surface area contributed by atoms with Crippen LogP contribution in [0, 0.1) is 5.41 Å². The molecular weight excluding hydrogens is 234 g/mol. The summed E-state index contributed by atoms with van der Waals surface area (Å²) in [5, 5.41) is 3.16. The third kappa shape index (κ3) is 4.80. The highest BCUT2D eigenvalue weighted by Crippen LogP contribution is 2.26. The van der Waals surface area contributed by atoms with Crippen molar-refractivity contribution in [1.82, 2.24) is 5.32 Å². The Morgan fingerprint density at radius 2 is 2.06 bits per heavy atom. The van der Waals surface area contributed by atoms with Crippen LogP contribution in [0.4, 0.5) is 0 Å². The fourth-order valence-electron chi connectivity index (χ4n) is 1.54. The van der Waals surface area contributed by atoms with Crippen LogP contribution in [0.1, 0.15) is 40.0 Å². The zero-order valence-corrected chi connectivity index (χ0v) is 12.0. The van der Waals surface area contributed by atoms with Crippen LogP contribution in [-0.2, 0) is 9.84 Å². The SMILES string of the molecule is C=CC(C)(CCS(=O)(=O)C(C)C)CNC1CC1.